The van der Waals surface area contributed by atoms with E-state index in [0.29, 0.717) is 38.8 Å². The number of fused-ring (bicyclic) bond motifs is 2. The van der Waals surface area contributed by atoms with Crippen LogP contribution in [0.5, 0.6) is 5.75 Å². The molecule has 0 spiro atoms. The molecule has 5 rings (SSSR count). The van der Waals surface area contributed by atoms with Crippen LogP contribution in [0.1, 0.15) is 24.2 Å². The fraction of sp³-hybridized carbons (Fsp3) is 0.160. The van der Waals surface area contributed by atoms with Crippen molar-refractivity contribution in [3.05, 3.63) is 97.9 Å². The third-order valence-electron chi connectivity index (χ3n) is 5.34. The third kappa shape index (κ3) is 4.58. The summed E-state index contributed by atoms with van der Waals surface area (Å²) >= 11 is 11.4. The maximum absolute atomic E-state index is 13.2. The first-order valence-corrected chi connectivity index (χ1v) is 12.8. The molecule has 1 N–H and O–H groups in total. The van der Waals surface area contributed by atoms with Gasteiger partial charge in [-0.1, -0.05) is 76.5 Å². The van der Waals surface area contributed by atoms with Gasteiger partial charge in [0.1, 0.15) is 18.1 Å². The van der Waals surface area contributed by atoms with E-state index in [9.17, 15) is 4.79 Å². The lowest BCUT2D eigenvalue weighted by molar-refractivity contribution is -0.116. The summed E-state index contributed by atoms with van der Waals surface area (Å²) < 4.78 is 7.06. The number of amidine groups is 1. The van der Waals surface area contributed by atoms with E-state index in [1.807, 2.05) is 67.6 Å². The zero-order valence-electron chi connectivity index (χ0n) is 18.2. The minimum Gasteiger partial charge on any atom is -0.488 e. The fourth-order valence-electron chi connectivity index (χ4n) is 3.84. The van der Waals surface area contributed by atoms with Gasteiger partial charge in [-0.2, -0.15) is 0 Å². The van der Waals surface area contributed by atoms with E-state index in [-0.39, 0.29) is 5.91 Å². The zero-order chi connectivity index (χ0) is 23.7. The lowest BCUT2D eigenvalue weighted by Crippen LogP contribution is -2.50. The molecular weight excluding hydrogens is 536 g/mol. The first kappa shape index (κ1) is 23.0. The summed E-state index contributed by atoms with van der Waals surface area (Å²) in [6.07, 6.45) is -0.619. The molecule has 1 unspecified atom stereocenters. The Morgan fingerprint density at radius 3 is 2.76 bits per heavy atom. The molecule has 1 amide bonds. The van der Waals surface area contributed by atoms with Crippen molar-refractivity contribution in [2.75, 3.05) is 5.75 Å². The quantitative estimate of drug-likeness (QED) is 0.501. The van der Waals surface area contributed by atoms with Gasteiger partial charge >= 0.3 is 0 Å². The summed E-state index contributed by atoms with van der Waals surface area (Å²) in [5, 5.41) is 11.8. The number of ether oxygens (including phenoxy) is 1. The summed E-state index contributed by atoms with van der Waals surface area (Å²) in [5.74, 6) is 1.18. The number of hydrogen-bond acceptors (Lipinski definition) is 6. The number of hydrogen-bond donors (Lipinski definition) is 1. The van der Waals surface area contributed by atoms with Crippen LogP contribution in [0.3, 0.4) is 0 Å². The van der Waals surface area contributed by atoms with Crippen LogP contribution < -0.4 is 20.6 Å². The van der Waals surface area contributed by atoms with Gasteiger partial charge in [-0.15, -0.1) is 5.10 Å². The molecule has 0 radical (unpaired) electrons. The minimum atomic E-state index is -0.619. The van der Waals surface area contributed by atoms with E-state index in [1.54, 1.807) is 11.1 Å². The van der Waals surface area contributed by atoms with Crippen molar-refractivity contribution in [1.29, 1.82) is 0 Å². The molecule has 2 aliphatic rings. The van der Waals surface area contributed by atoms with Gasteiger partial charge in [0.05, 0.1) is 5.36 Å². The van der Waals surface area contributed by atoms with Gasteiger partial charge in [0, 0.05) is 20.3 Å². The number of carbonyl (C=O) groups is 1. The van der Waals surface area contributed by atoms with Crippen LogP contribution >= 0.6 is 39.3 Å². The van der Waals surface area contributed by atoms with Crippen molar-refractivity contribution in [3.63, 3.8) is 0 Å². The molecular formula is C25H20BrClN4O2S. The minimum absolute atomic E-state index is 0.223. The monoisotopic (exact) mass is 554 g/mol. The van der Waals surface area contributed by atoms with Crippen LogP contribution in [0.4, 0.5) is 0 Å². The molecule has 172 valence electrons. The summed E-state index contributed by atoms with van der Waals surface area (Å²) in [6, 6.07) is 21.1. The molecule has 1 atom stereocenters. The maximum Gasteiger partial charge on any atom is 0.276 e. The zero-order valence-corrected chi connectivity index (χ0v) is 21.3. The van der Waals surface area contributed by atoms with Crippen LogP contribution in [0.2, 0.25) is 5.02 Å². The smallest absolute Gasteiger partial charge is 0.276 e. The standard InChI is InChI=1S/C25H20BrClN4O2S/c1-2-34-25-29-24(32)22-18-12-16(26)8-10-20(18)28-23(31(22)30-25)19-13-17(27)9-11-21(19)33-14-15-6-4-3-5-7-15/h3-13,23H,2,14H2,1H3,(H,29,30,32). The Morgan fingerprint density at radius 1 is 1.15 bits per heavy atom. The molecule has 2 aliphatic heterocycles. The number of benzene rings is 3. The van der Waals surface area contributed by atoms with Gasteiger partial charge in [0.25, 0.3) is 5.91 Å². The lowest BCUT2D eigenvalue weighted by atomic mass is 10.1. The molecule has 34 heavy (non-hydrogen) atoms. The van der Waals surface area contributed by atoms with Crippen LogP contribution in [-0.2, 0) is 11.4 Å². The Hall–Kier alpha value is -2.81. The van der Waals surface area contributed by atoms with Gasteiger partial charge in [0.15, 0.2) is 11.3 Å². The summed E-state index contributed by atoms with van der Waals surface area (Å²) in [4.78, 5) is 18.2. The van der Waals surface area contributed by atoms with Crippen molar-refractivity contribution >= 4 is 56.1 Å². The number of thioether (sulfide) groups is 1. The number of nitrogens with zero attached hydrogens (tertiary/aromatic N) is 3. The van der Waals surface area contributed by atoms with Gasteiger partial charge in [-0.3, -0.25) is 15.1 Å². The maximum atomic E-state index is 13.2. The molecule has 0 aromatic heterocycles. The van der Waals surface area contributed by atoms with Crippen LogP contribution in [0.25, 0.3) is 5.70 Å². The summed E-state index contributed by atoms with van der Waals surface area (Å²) in [5.41, 5.74) is 2.21. The summed E-state index contributed by atoms with van der Waals surface area (Å²) in [6.45, 7) is 2.40. The van der Waals surface area contributed by atoms with Gasteiger partial charge < -0.3 is 4.74 Å². The normalized spacial score (nSPS) is 16.7. The second-order valence-corrected chi connectivity index (χ2v) is 10.2. The van der Waals surface area contributed by atoms with Crippen LogP contribution in [-0.4, -0.2) is 21.8 Å². The van der Waals surface area contributed by atoms with Crippen molar-refractivity contribution in [2.45, 2.75) is 19.7 Å². The Morgan fingerprint density at radius 2 is 1.97 bits per heavy atom. The highest BCUT2D eigenvalue weighted by atomic mass is 79.9. The second kappa shape index (κ2) is 9.82. The lowest BCUT2D eigenvalue weighted by Gasteiger charge is -2.34. The topological polar surface area (TPSA) is 66.3 Å². The van der Waals surface area contributed by atoms with Crippen molar-refractivity contribution in [1.82, 2.24) is 10.3 Å². The number of hydrazone groups is 1. The molecule has 0 saturated carbocycles. The third-order valence-corrected chi connectivity index (χ3v) is 6.81. The van der Waals surface area contributed by atoms with E-state index < -0.39 is 6.17 Å². The number of carbonyl (C=O) groups excluding carboxylic acids is 1. The first-order valence-electron chi connectivity index (χ1n) is 10.7. The Balaban J connectivity index is 1.64. The Labute approximate surface area is 214 Å². The Bertz CT molecular complexity index is 1410. The van der Waals surface area contributed by atoms with E-state index in [1.165, 1.54) is 11.8 Å². The van der Waals surface area contributed by atoms with Crippen LogP contribution in [0.15, 0.2) is 81.3 Å². The number of rotatable bonds is 5. The average molecular weight is 556 g/mol. The average Bonchev–Trinajstić information content (AvgIpc) is 2.83. The highest BCUT2D eigenvalue weighted by molar-refractivity contribution is 9.10. The van der Waals surface area contributed by atoms with Crippen molar-refractivity contribution < 1.29 is 9.53 Å². The van der Waals surface area contributed by atoms with E-state index in [2.05, 4.69) is 21.2 Å². The SMILES string of the molecule is CCSC1=NN2C(=c3cc(Br)ccc3=NC2c2cc(Cl)ccc2OCc2ccccc2)C(=O)N1. The molecule has 2 heterocycles. The van der Waals surface area contributed by atoms with Crippen molar-refractivity contribution in [2.24, 2.45) is 10.1 Å². The van der Waals surface area contributed by atoms with Crippen LogP contribution in [0, 0.1) is 0 Å². The molecule has 3 aromatic carbocycles. The van der Waals surface area contributed by atoms with E-state index >= 15 is 0 Å². The highest BCUT2D eigenvalue weighted by Gasteiger charge is 2.35. The molecule has 3 aromatic rings. The van der Waals surface area contributed by atoms with Gasteiger partial charge in [-0.25, -0.2) is 5.01 Å². The van der Waals surface area contributed by atoms with Crippen molar-refractivity contribution in [3.8, 4) is 5.75 Å². The van der Waals surface area contributed by atoms with Gasteiger partial charge in [0.2, 0.25) is 0 Å². The second-order valence-electron chi connectivity index (χ2n) is 7.61. The predicted octanol–water partition coefficient (Wildman–Crippen LogP) is 4.58. The predicted molar refractivity (Wildman–Crippen MR) is 139 cm³/mol. The molecule has 9 heteroatoms. The molecule has 0 aliphatic carbocycles. The fourth-order valence-corrected chi connectivity index (χ4v) is 4.97. The molecule has 0 bridgehead atoms. The largest absolute Gasteiger partial charge is 0.488 e. The summed E-state index contributed by atoms with van der Waals surface area (Å²) in [7, 11) is 0. The van der Waals surface area contributed by atoms with Gasteiger partial charge in [-0.05, 0) is 47.7 Å². The van der Waals surface area contributed by atoms with E-state index in [4.69, 9.17) is 26.4 Å². The Kier molecular flexibility index (Phi) is 6.63. The molecule has 0 saturated heterocycles. The molecule has 0 fully saturated rings. The van der Waals surface area contributed by atoms with E-state index in [0.717, 1.165) is 21.4 Å². The number of nitrogens with one attached hydrogen (secondary N) is 1. The number of amides is 1. The highest BCUT2D eigenvalue weighted by Crippen LogP contribution is 2.37. The first-order chi connectivity index (χ1) is 16.5. The number of halogens is 2. The molecule has 6 nitrogen and oxygen atoms in total.